The molecule has 46 heavy (non-hydrogen) atoms. The number of ether oxygens (including phenoxy) is 2. The Bertz CT molecular complexity index is 1680. The third-order valence-electron chi connectivity index (χ3n) is 9.39. The standard InChI is InChI=1S/2C18H19N3O2/c2*1-23-15-8-3-2-5-12(15)17-20-18(22)13-7-4-6-11-14(19)9-10-21(17)16(11)13/h2*2-8,14,17H,9-10,19H2,1H3,(H,20,22)/t2*14-,17-/m10/s1. The van der Waals surface area contributed by atoms with Gasteiger partial charge in [-0.25, -0.2) is 0 Å². The number of methoxy groups -OCH3 is 2. The second-order valence-electron chi connectivity index (χ2n) is 11.9. The molecule has 4 aliphatic heterocycles. The lowest BCUT2D eigenvalue weighted by atomic mass is 9.90. The van der Waals surface area contributed by atoms with Gasteiger partial charge in [-0.3, -0.25) is 9.59 Å². The zero-order valence-electron chi connectivity index (χ0n) is 25.9. The van der Waals surface area contributed by atoms with Gasteiger partial charge in [-0.2, -0.15) is 0 Å². The van der Waals surface area contributed by atoms with Crippen molar-refractivity contribution in [1.82, 2.24) is 10.6 Å². The number of nitrogens with two attached hydrogens (primary N) is 2. The van der Waals surface area contributed by atoms with Crippen LogP contribution in [0.5, 0.6) is 11.5 Å². The summed E-state index contributed by atoms with van der Waals surface area (Å²) in [4.78, 5) is 29.6. The van der Waals surface area contributed by atoms with Crippen molar-refractivity contribution in [2.45, 2.75) is 37.3 Å². The highest BCUT2D eigenvalue weighted by atomic mass is 16.5. The van der Waals surface area contributed by atoms with Crippen molar-refractivity contribution >= 4 is 23.2 Å². The molecule has 0 bridgehead atoms. The second-order valence-corrected chi connectivity index (χ2v) is 11.9. The van der Waals surface area contributed by atoms with Crippen LogP contribution in [0.15, 0.2) is 84.9 Å². The van der Waals surface area contributed by atoms with Gasteiger partial charge in [0.25, 0.3) is 11.8 Å². The normalized spacial score (nSPS) is 22.3. The van der Waals surface area contributed by atoms with Gasteiger partial charge in [0.05, 0.1) is 36.7 Å². The molecule has 4 heterocycles. The number of carbonyl (C=O) groups is 2. The van der Waals surface area contributed by atoms with Crippen molar-refractivity contribution in [3.63, 3.8) is 0 Å². The Morgan fingerprint density at radius 3 is 1.39 bits per heavy atom. The molecule has 10 heteroatoms. The van der Waals surface area contributed by atoms with Gasteiger partial charge in [0, 0.05) is 36.3 Å². The Morgan fingerprint density at radius 2 is 0.978 bits per heavy atom. The third-order valence-corrected chi connectivity index (χ3v) is 9.39. The van der Waals surface area contributed by atoms with Crippen LogP contribution < -0.4 is 41.4 Å². The number of nitrogens with zero attached hydrogens (tertiary/aromatic N) is 2. The van der Waals surface area contributed by atoms with E-state index in [2.05, 4.69) is 20.4 Å². The first kappa shape index (κ1) is 29.6. The number of anilines is 2. The van der Waals surface area contributed by atoms with Crippen LogP contribution in [-0.2, 0) is 0 Å². The monoisotopic (exact) mass is 618 g/mol. The van der Waals surface area contributed by atoms with Gasteiger partial charge in [0.15, 0.2) is 0 Å². The summed E-state index contributed by atoms with van der Waals surface area (Å²) in [7, 11) is 3.30. The van der Waals surface area contributed by atoms with Crippen molar-refractivity contribution in [3.05, 3.63) is 118 Å². The Balaban J connectivity index is 0.000000147. The number of amides is 2. The van der Waals surface area contributed by atoms with E-state index in [1.54, 1.807) is 14.2 Å². The number of hydrogen-bond donors (Lipinski definition) is 4. The highest BCUT2D eigenvalue weighted by Crippen LogP contribution is 2.45. The van der Waals surface area contributed by atoms with Crippen molar-refractivity contribution in [3.8, 4) is 11.5 Å². The first-order valence-electron chi connectivity index (χ1n) is 15.6. The second kappa shape index (κ2) is 12.0. The molecule has 0 aliphatic carbocycles. The minimum Gasteiger partial charge on any atom is -0.496 e. The highest BCUT2D eigenvalue weighted by Gasteiger charge is 2.39. The molecule has 6 N–H and O–H groups in total. The summed E-state index contributed by atoms with van der Waals surface area (Å²) in [5.41, 5.74) is 19.8. The third kappa shape index (κ3) is 4.90. The first-order chi connectivity index (χ1) is 22.4. The van der Waals surface area contributed by atoms with Gasteiger partial charge < -0.3 is 41.4 Å². The van der Waals surface area contributed by atoms with Crippen LogP contribution >= 0.6 is 0 Å². The van der Waals surface area contributed by atoms with Gasteiger partial charge in [-0.15, -0.1) is 0 Å². The minimum absolute atomic E-state index is 0.0228. The fourth-order valence-corrected chi connectivity index (χ4v) is 7.17. The molecule has 236 valence electrons. The molecule has 0 unspecified atom stereocenters. The lowest BCUT2D eigenvalue weighted by molar-refractivity contribution is 0.0916. The lowest BCUT2D eigenvalue weighted by Crippen LogP contribution is -2.49. The van der Waals surface area contributed by atoms with Crippen molar-refractivity contribution in [2.75, 3.05) is 37.1 Å². The molecule has 4 aromatic rings. The quantitative estimate of drug-likeness (QED) is 0.259. The predicted octanol–water partition coefficient (Wildman–Crippen LogP) is 4.69. The molecule has 8 rings (SSSR count). The van der Waals surface area contributed by atoms with Crippen LogP contribution in [0.2, 0.25) is 0 Å². The number of rotatable bonds is 4. The zero-order chi connectivity index (χ0) is 31.9. The number of nitrogens with one attached hydrogen (secondary N) is 2. The molecule has 0 fully saturated rings. The van der Waals surface area contributed by atoms with Crippen molar-refractivity contribution in [2.24, 2.45) is 11.5 Å². The van der Waals surface area contributed by atoms with E-state index in [-0.39, 0.29) is 36.2 Å². The average Bonchev–Trinajstić information content (AvgIpc) is 3.10. The molecule has 0 saturated heterocycles. The maximum Gasteiger partial charge on any atom is 0.255 e. The van der Waals surface area contributed by atoms with Crippen LogP contribution in [-0.4, -0.2) is 39.1 Å². The van der Waals surface area contributed by atoms with Gasteiger partial charge in [0.1, 0.15) is 23.8 Å². The van der Waals surface area contributed by atoms with Crippen LogP contribution in [0.4, 0.5) is 11.4 Å². The van der Waals surface area contributed by atoms with E-state index in [0.29, 0.717) is 11.1 Å². The van der Waals surface area contributed by atoms with E-state index >= 15 is 0 Å². The summed E-state index contributed by atoms with van der Waals surface area (Å²) >= 11 is 0. The molecule has 4 aliphatic rings. The topological polar surface area (TPSA) is 135 Å². The van der Waals surface area contributed by atoms with Gasteiger partial charge in [-0.05, 0) is 48.2 Å². The molecule has 10 nitrogen and oxygen atoms in total. The van der Waals surface area contributed by atoms with Gasteiger partial charge >= 0.3 is 0 Å². The molecule has 4 aromatic carbocycles. The first-order valence-corrected chi connectivity index (χ1v) is 15.6. The lowest BCUT2D eigenvalue weighted by Gasteiger charge is -2.44. The average molecular weight is 619 g/mol. The maximum absolute atomic E-state index is 12.6. The maximum atomic E-state index is 12.6. The summed E-state index contributed by atoms with van der Waals surface area (Å²) in [6, 6.07) is 27.1. The smallest absolute Gasteiger partial charge is 0.255 e. The van der Waals surface area contributed by atoms with Crippen LogP contribution in [0.3, 0.4) is 0 Å². The molecule has 2 amide bonds. The highest BCUT2D eigenvalue weighted by molar-refractivity contribution is 6.04. The Hall–Kier alpha value is -5.06. The van der Waals surface area contributed by atoms with Crippen LogP contribution in [0.1, 0.15) is 80.2 Å². The Kier molecular flexibility index (Phi) is 7.75. The van der Waals surface area contributed by atoms with Crippen molar-refractivity contribution < 1.29 is 19.1 Å². The summed E-state index contributed by atoms with van der Waals surface area (Å²) < 4.78 is 11.0. The summed E-state index contributed by atoms with van der Waals surface area (Å²) in [6.07, 6.45) is 1.25. The van der Waals surface area contributed by atoms with Crippen LogP contribution in [0.25, 0.3) is 0 Å². The fraction of sp³-hybridized carbons (Fsp3) is 0.278. The molecular formula is C36H38N6O4. The molecule has 0 spiro atoms. The number of hydrogen-bond acceptors (Lipinski definition) is 8. The summed E-state index contributed by atoms with van der Waals surface area (Å²) in [5, 5.41) is 6.21. The zero-order valence-corrected chi connectivity index (χ0v) is 25.9. The largest absolute Gasteiger partial charge is 0.496 e. The van der Waals surface area contributed by atoms with E-state index in [1.807, 2.05) is 84.9 Å². The number of carbonyl (C=O) groups excluding carboxylic acids is 2. The molecule has 0 radical (unpaired) electrons. The van der Waals surface area contributed by atoms with E-state index in [0.717, 1.165) is 71.1 Å². The van der Waals surface area contributed by atoms with E-state index in [1.165, 1.54) is 0 Å². The van der Waals surface area contributed by atoms with Crippen LogP contribution in [0, 0.1) is 0 Å². The summed E-state index contributed by atoms with van der Waals surface area (Å²) in [5.74, 6) is 1.41. The fourth-order valence-electron chi connectivity index (χ4n) is 7.17. The minimum atomic E-state index is -0.236. The number of benzene rings is 4. The van der Waals surface area contributed by atoms with E-state index < -0.39 is 0 Å². The predicted molar refractivity (Wildman–Crippen MR) is 177 cm³/mol. The SMILES string of the molecule is COc1ccccc1[C@@H]1NC(=O)c2cccc3c2N1CC[C@H]3N.COc1ccccc1[C@H]1NC(=O)c2cccc3c2N1CC[C@@H]3N. The molecule has 4 atom stereocenters. The van der Waals surface area contributed by atoms with Gasteiger partial charge in [0.2, 0.25) is 0 Å². The molecule has 0 aromatic heterocycles. The number of para-hydroxylation sites is 4. The summed E-state index contributed by atoms with van der Waals surface area (Å²) in [6.45, 7) is 1.60. The molecular weight excluding hydrogens is 580 g/mol. The van der Waals surface area contributed by atoms with Crippen molar-refractivity contribution in [1.29, 1.82) is 0 Å². The van der Waals surface area contributed by atoms with E-state index in [9.17, 15) is 9.59 Å². The van der Waals surface area contributed by atoms with E-state index in [4.69, 9.17) is 20.9 Å². The molecule has 0 saturated carbocycles. The van der Waals surface area contributed by atoms with Gasteiger partial charge in [-0.1, -0.05) is 60.7 Å². The Morgan fingerprint density at radius 1 is 0.587 bits per heavy atom. The Labute approximate surface area is 268 Å².